The van der Waals surface area contributed by atoms with Gasteiger partial charge in [-0.1, -0.05) is 6.07 Å². The minimum atomic E-state index is 0.215. The van der Waals surface area contributed by atoms with Crippen molar-refractivity contribution in [3.8, 4) is 11.5 Å². The number of hydrogen-bond donors (Lipinski definition) is 0. The van der Waals surface area contributed by atoms with Crippen LogP contribution in [0.15, 0.2) is 17.1 Å². The lowest BCUT2D eigenvalue weighted by molar-refractivity contribution is 0.162. The van der Waals surface area contributed by atoms with Gasteiger partial charge in [-0.25, -0.2) is 9.79 Å². The van der Waals surface area contributed by atoms with Gasteiger partial charge in [-0.2, -0.15) is 0 Å². The van der Waals surface area contributed by atoms with Crippen LogP contribution in [0.4, 0.5) is 0 Å². The minimum Gasteiger partial charge on any atom is -0.454 e. The monoisotopic (exact) mass is 221 g/mol. The molecule has 1 heterocycles. The fourth-order valence-electron chi connectivity index (χ4n) is 1.64. The third-order valence-corrected chi connectivity index (χ3v) is 2.34. The van der Waals surface area contributed by atoms with Gasteiger partial charge in [0.05, 0.1) is 13.2 Å². The van der Waals surface area contributed by atoms with E-state index in [4.69, 9.17) is 14.2 Å². The quantitative estimate of drug-likeness (QED) is 0.569. The molecule has 0 unspecified atom stereocenters. The molecule has 84 valence electrons. The lowest BCUT2D eigenvalue weighted by Crippen LogP contribution is -1.98. The molecule has 0 saturated heterocycles. The smallest absolute Gasteiger partial charge is 0.235 e. The molecule has 0 saturated carbocycles. The van der Waals surface area contributed by atoms with E-state index >= 15 is 0 Å². The number of fused-ring (bicyclic) bond motifs is 1. The van der Waals surface area contributed by atoms with Gasteiger partial charge in [-0.3, -0.25) is 0 Å². The maximum absolute atomic E-state index is 10.1. The molecule has 0 amide bonds. The average Bonchev–Trinajstić information content (AvgIpc) is 2.76. The molecule has 0 bridgehead atoms. The Morgan fingerprint density at radius 3 is 3.12 bits per heavy atom. The number of hydrogen-bond acceptors (Lipinski definition) is 5. The summed E-state index contributed by atoms with van der Waals surface area (Å²) in [5, 5.41) is 0. The number of nitrogens with zero attached hydrogens (tertiary/aromatic N) is 1. The molecule has 1 aromatic rings. The molecule has 5 nitrogen and oxygen atoms in total. The summed E-state index contributed by atoms with van der Waals surface area (Å²) in [4.78, 5) is 13.7. The number of carbonyl (C=O) groups excluding carboxylic acids is 1. The van der Waals surface area contributed by atoms with Crippen LogP contribution in [0.2, 0.25) is 0 Å². The van der Waals surface area contributed by atoms with E-state index < -0.39 is 0 Å². The zero-order chi connectivity index (χ0) is 11.4. The summed E-state index contributed by atoms with van der Waals surface area (Å²) in [6.07, 6.45) is 1.52. The molecule has 0 aromatic heterocycles. The van der Waals surface area contributed by atoms with Crippen molar-refractivity contribution in [2.75, 3.05) is 13.9 Å². The van der Waals surface area contributed by atoms with Crippen LogP contribution in [0.5, 0.6) is 11.5 Å². The Labute approximate surface area is 92.6 Å². The van der Waals surface area contributed by atoms with E-state index in [1.807, 2.05) is 6.07 Å². The van der Waals surface area contributed by atoms with Crippen molar-refractivity contribution in [3.05, 3.63) is 23.3 Å². The van der Waals surface area contributed by atoms with Crippen LogP contribution in [0.3, 0.4) is 0 Å². The van der Waals surface area contributed by atoms with Crippen LogP contribution < -0.4 is 9.47 Å². The molecule has 0 radical (unpaired) electrons. The van der Waals surface area contributed by atoms with Crippen molar-refractivity contribution in [1.82, 2.24) is 0 Å². The standard InChI is InChI=1S/C11H11NO4/c1-14-5-9-8(4-12-6-13)2-3-10-11(9)16-7-15-10/h2-3H,4-5,7H2,1H3. The van der Waals surface area contributed by atoms with E-state index in [9.17, 15) is 4.79 Å². The van der Waals surface area contributed by atoms with Crippen LogP contribution in [0.1, 0.15) is 11.1 Å². The van der Waals surface area contributed by atoms with Gasteiger partial charge in [0.25, 0.3) is 0 Å². The number of aliphatic imine (C=N–C) groups is 1. The number of methoxy groups -OCH3 is 1. The highest BCUT2D eigenvalue weighted by Gasteiger charge is 2.20. The van der Waals surface area contributed by atoms with Crippen molar-refractivity contribution in [2.24, 2.45) is 4.99 Å². The molecule has 0 spiro atoms. The maximum atomic E-state index is 10.1. The van der Waals surface area contributed by atoms with Crippen LogP contribution in [0.25, 0.3) is 0 Å². The van der Waals surface area contributed by atoms with Crippen molar-refractivity contribution < 1.29 is 19.0 Å². The summed E-state index contributed by atoms with van der Waals surface area (Å²) in [5.41, 5.74) is 1.76. The summed E-state index contributed by atoms with van der Waals surface area (Å²) in [5.74, 6) is 1.38. The van der Waals surface area contributed by atoms with Gasteiger partial charge in [-0.05, 0) is 11.6 Å². The van der Waals surface area contributed by atoms with Gasteiger partial charge < -0.3 is 14.2 Å². The summed E-state index contributed by atoms with van der Waals surface area (Å²) in [6, 6.07) is 3.65. The topological polar surface area (TPSA) is 57.1 Å². The first-order valence-corrected chi connectivity index (χ1v) is 4.79. The Kier molecular flexibility index (Phi) is 3.19. The highest BCUT2D eigenvalue weighted by atomic mass is 16.7. The number of benzene rings is 1. The molecule has 1 aliphatic heterocycles. The van der Waals surface area contributed by atoms with Crippen LogP contribution in [-0.2, 0) is 22.7 Å². The first kappa shape index (κ1) is 10.7. The van der Waals surface area contributed by atoms with Crippen LogP contribution >= 0.6 is 0 Å². The third-order valence-electron chi connectivity index (χ3n) is 2.34. The lowest BCUT2D eigenvalue weighted by Gasteiger charge is -2.09. The molecular weight excluding hydrogens is 210 g/mol. The molecule has 0 fully saturated rings. The zero-order valence-corrected chi connectivity index (χ0v) is 8.86. The van der Waals surface area contributed by atoms with Crippen molar-refractivity contribution in [1.29, 1.82) is 0 Å². The van der Waals surface area contributed by atoms with E-state index in [0.29, 0.717) is 18.1 Å². The first-order valence-electron chi connectivity index (χ1n) is 4.79. The Balaban J connectivity index is 2.40. The van der Waals surface area contributed by atoms with Gasteiger partial charge in [0.2, 0.25) is 12.9 Å². The van der Waals surface area contributed by atoms with Crippen LogP contribution in [-0.4, -0.2) is 20.0 Å². The first-order chi connectivity index (χ1) is 7.86. The molecule has 0 aliphatic carbocycles. The van der Waals surface area contributed by atoms with Crippen molar-refractivity contribution in [3.63, 3.8) is 0 Å². The van der Waals surface area contributed by atoms with Crippen molar-refractivity contribution >= 4 is 6.08 Å². The zero-order valence-electron chi connectivity index (χ0n) is 8.86. The molecule has 5 heteroatoms. The molecular formula is C11H11NO4. The second-order valence-corrected chi connectivity index (χ2v) is 3.28. The summed E-state index contributed by atoms with van der Waals surface area (Å²) < 4.78 is 15.7. The fourth-order valence-corrected chi connectivity index (χ4v) is 1.64. The van der Waals surface area contributed by atoms with Gasteiger partial charge in [0.1, 0.15) is 0 Å². The Bertz CT molecular complexity index is 438. The molecule has 1 aromatic carbocycles. The summed E-state index contributed by atoms with van der Waals surface area (Å²) in [7, 11) is 1.60. The Hall–Kier alpha value is -1.84. The predicted molar refractivity (Wildman–Crippen MR) is 55.1 cm³/mol. The molecule has 16 heavy (non-hydrogen) atoms. The van der Waals surface area contributed by atoms with E-state index in [0.717, 1.165) is 11.1 Å². The normalized spacial score (nSPS) is 12.3. The SMILES string of the molecule is COCc1c(CN=C=O)ccc2c1OCO2. The highest BCUT2D eigenvalue weighted by molar-refractivity contribution is 5.52. The van der Waals surface area contributed by atoms with Gasteiger partial charge in [0, 0.05) is 12.7 Å². The molecule has 0 atom stereocenters. The van der Waals surface area contributed by atoms with E-state index in [-0.39, 0.29) is 13.3 Å². The molecule has 0 N–H and O–H groups in total. The Morgan fingerprint density at radius 2 is 2.38 bits per heavy atom. The third kappa shape index (κ3) is 1.91. The largest absolute Gasteiger partial charge is 0.454 e. The predicted octanol–water partition coefficient (Wildman–Crippen LogP) is 1.40. The van der Waals surface area contributed by atoms with Crippen LogP contribution in [0, 0.1) is 0 Å². The van der Waals surface area contributed by atoms with E-state index in [1.54, 1.807) is 13.2 Å². The maximum Gasteiger partial charge on any atom is 0.235 e. The molecule has 1 aliphatic rings. The Morgan fingerprint density at radius 1 is 1.50 bits per heavy atom. The highest BCUT2D eigenvalue weighted by Crippen LogP contribution is 2.38. The minimum absolute atomic E-state index is 0.215. The fraction of sp³-hybridized carbons (Fsp3) is 0.364. The summed E-state index contributed by atoms with van der Waals surface area (Å²) in [6.45, 7) is 0.890. The average molecular weight is 221 g/mol. The second-order valence-electron chi connectivity index (χ2n) is 3.28. The van der Waals surface area contributed by atoms with Gasteiger partial charge in [-0.15, -0.1) is 0 Å². The molecule has 2 rings (SSSR count). The number of rotatable bonds is 4. The summed E-state index contributed by atoms with van der Waals surface area (Å²) >= 11 is 0. The second kappa shape index (κ2) is 4.79. The number of ether oxygens (including phenoxy) is 3. The van der Waals surface area contributed by atoms with Gasteiger partial charge >= 0.3 is 0 Å². The van der Waals surface area contributed by atoms with Gasteiger partial charge in [0.15, 0.2) is 11.5 Å². The van der Waals surface area contributed by atoms with E-state index in [2.05, 4.69) is 4.99 Å². The van der Waals surface area contributed by atoms with E-state index in [1.165, 1.54) is 6.08 Å². The van der Waals surface area contributed by atoms with Crippen molar-refractivity contribution in [2.45, 2.75) is 13.2 Å². The lowest BCUT2D eigenvalue weighted by atomic mass is 10.1. The number of isocyanates is 1.